The van der Waals surface area contributed by atoms with Crippen molar-refractivity contribution in [3.05, 3.63) is 69.7 Å². The molecule has 5 nitrogen and oxygen atoms in total. The van der Waals surface area contributed by atoms with E-state index in [9.17, 15) is 4.79 Å². The van der Waals surface area contributed by atoms with Gasteiger partial charge in [-0.25, -0.2) is 9.78 Å². The van der Waals surface area contributed by atoms with Crippen LogP contribution in [0.1, 0.15) is 44.5 Å². The van der Waals surface area contributed by atoms with Crippen LogP contribution in [0.2, 0.25) is 0 Å². The van der Waals surface area contributed by atoms with Crippen molar-refractivity contribution in [2.45, 2.75) is 32.8 Å². The third kappa shape index (κ3) is 3.60. The van der Waals surface area contributed by atoms with Crippen molar-refractivity contribution in [2.75, 3.05) is 7.11 Å². The van der Waals surface area contributed by atoms with Gasteiger partial charge in [0.1, 0.15) is 22.5 Å². The summed E-state index contributed by atoms with van der Waals surface area (Å²) in [6.07, 6.45) is 3.37. The Balaban J connectivity index is 1.55. The Bertz CT molecular complexity index is 1030. The van der Waals surface area contributed by atoms with Crippen LogP contribution in [-0.2, 0) is 11.2 Å². The van der Waals surface area contributed by atoms with E-state index in [4.69, 9.17) is 14.2 Å². The van der Waals surface area contributed by atoms with Gasteiger partial charge in [0.2, 0.25) is 0 Å². The Hall–Kier alpha value is -2.86. The molecule has 144 valence electrons. The summed E-state index contributed by atoms with van der Waals surface area (Å²) >= 11 is 1.17. The fraction of sp³-hybridized carbons (Fsp3) is 0.273. The lowest BCUT2D eigenvalue weighted by Crippen LogP contribution is -2.16. The lowest BCUT2D eigenvalue weighted by Gasteiger charge is -2.28. The molecule has 0 amide bonds. The zero-order valence-corrected chi connectivity index (χ0v) is 16.8. The van der Waals surface area contributed by atoms with Crippen molar-refractivity contribution in [2.24, 2.45) is 0 Å². The van der Waals surface area contributed by atoms with Gasteiger partial charge in [0, 0.05) is 0 Å². The molecule has 4 rings (SSSR count). The van der Waals surface area contributed by atoms with Gasteiger partial charge in [-0.15, -0.1) is 0 Å². The largest absolute Gasteiger partial charge is 0.485 e. The summed E-state index contributed by atoms with van der Waals surface area (Å²) in [7, 11) is 1.35. The lowest BCUT2D eigenvalue weighted by molar-refractivity contribution is 0.0606. The molecule has 0 fully saturated rings. The van der Waals surface area contributed by atoms with Gasteiger partial charge < -0.3 is 14.2 Å². The van der Waals surface area contributed by atoms with E-state index in [0.717, 1.165) is 35.5 Å². The summed E-state index contributed by atoms with van der Waals surface area (Å²) in [5.74, 6) is 1.21. The monoisotopic (exact) mass is 395 g/mol. The highest BCUT2D eigenvalue weighted by Crippen LogP contribution is 2.40. The molecule has 2 aromatic carbocycles. The molecular formula is C22H21NO4S. The first-order chi connectivity index (χ1) is 13.5. The van der Waals surface area contributed by atoms with Gasteiger partial charge >= 0.3 is 5.97 Å². The van der Waals surface area contributed by atoms with E-state index in [1.54, 1.807) is 0 Å². The number of fused-ring (bicyclic) bond motifs is 1. The summed E-state index contributed by atoms with van der Waals surface area (Å²) in [5, 5.41) is 0.415. The van der Waals surface area contributed by atoms with Crippen molar-refractivity contribution < 1.29 is 19.0 Å². The molecule has 1 aromatic heterocycles. The maximum absolute atomic E-state index is 11.6. The molecule has 0 radical (unpaired) electrons. The summed E-state index contributed by atoms with van der Waals surface area (Å²) < 4.78 is 16.9. The summed E-state index contributed by atoms with van der Waals surface area (Å²) in [6, 6.07) is 12.4. The maximum Gasteiger partial charge on any atom is 0.349 e. The van der Waals surface area contributed by atoms with Crippen LogP contribution in [0.15, 0.2) is 42.6 Å². The number of hydrogen-bond acceptors (Lipinski definition) is 6. The maximum atomic E-state index is 11.6. The molecule has 0 spiro atoms. The molecule has 6 heteroatoms. The van der Waals surface area contributed by atoms with Gasteiger partial charge in [-0.3, -0.25) is 0 Å². The predicted molar refractivity (Wildman–Crippen MR) is 108 cm³/mol. The normalized spacial score (nSPS) is 15.5. The van der Waals surface area contributed by atoms with Crippen LogP contribution in [0.3, 0.4) is 0 Å². The van der Waals surface area contributed by atoms with Crippen LogP contribution in [0.5, 0.6) is 16.7 Å². The van der Waals surface area contributed by atoms with Crippen molar-refractivity contribution in [1.82, 2.24) is 4.98 Å². The van der Waals surface area contributed by atoms with Crippen LogP contribution in [0.4, 0.5) is 0 Å². The van der Waals surface area contributed by atoms with Crippen LogP contribution in [-0.4, -0.2) is 18.1 Å². The molecule has 0 N–H and O–H groups in total. The first-order valence-corrected chi connectivity index (χ1v) is 9.94. The minimum Gasteiger partial charge on any atom is -0.485 e. The standard InChI is InChI=1S/C22H21NO4S/c1-13-6-4-5-7-16(13)17-9-8-15-11-18(14(2)10-19(15)26-17)27-22-23-12-20(28-22)21(24)25-3/h4-7,10-12,17H,8-9H2,1-3H3. The number of nitrogens with zero attached hydrogens (tertiary/aromatic N) is 1. The van der Waals surface area contributed by atoms with Crippen LogP contribution < -0.4 is 9.47 Å². The Morgan fingerprint density at radius 2 is 2.04 bits per heavy atom. The third-order valence-electron chi connectivity index (χ3n) is 4.91. The molecule has 0 bridgehead atoms. The van der Waals surface area contributed by atoms with Gasteiger partial charge in [-0.05, 0) is 61.1 Å². The van der Waals surface area contributed by atoms with Gasteiger partial charge in [0.15, 0.2) is 0 Å². The van der Waals surface area contributed by atoms with Gasteiger partial charge in [-0.1, -0.05) is 35.6 Å². The van der Waals surface area contributed by atoms with E-state index < -0.39 is 5.97 Å². The molecule has 0 saturated carbocycles. The molecule has 3 aromatic rings. The predicted octanol–water partition coefficient (Wildman–Crippen LogP) is 5.41. The SMILES string of the molecule is COC(=O)c1cnc(Oc2cc3c(cc2C)OC(c2ccccc2C)CC3)s1. The molecular weight excluding hydrogens is 374 g/mol. The Morgan fingerprint density at radius 1 is 1.21 bits per heavy atom. The van der Waals surface area contributed by atoms with Crippen molar-refractivity contribution in [3.8, 4) is 16.7 Å². The Kier molecular flexibility index (Phi) is 5.05. The molecule has 0 saturated heterocycles. The van der Waals surface area contributed by atoms with E-state index in [0.29, 0.717) is 10.1 Å². The van der Waals surface area contributed by atoms with E-state index >= 15 is 0 Å². The molecule has 1 unspecified atom stereocenters. The van der Waals surface area contributed by atoms with Crippen LogP contribution in [0.25, 0.3) is 0 Å². The number of methoxy groups -OCH3 is 1. The highest BCUT2D eigenvalue weighted by Gasteiger charge is 2.24. The second-order valence-corrected chi connectivity index (χ2v) is 7.80. The number of aryl methyl sites for hydroxylation is 3. The average molecular weight is 395 g/mol. The summed E-state index contributed by atoms with van der Waals surface area (Å²) in [5.41, 5.74) is 4.57. The van der Waals surface area contributed by atoms with Crippen molar-refractivity contribution in [3.63, 3.8) is 0 Å². The smallest absolute Gasteiger partial charge is 0.349 e. The number of carbonyl (C=O) groups excluding carboxylic acids is 1. The highest BCUT2D eigenvalue weighted by molar-refractivity contribution is 7.15. The Morgan fingerprint density at radius 3 is 2.82 bits per heavy atom. The topological polar surface area (TPSA) is 57.7 Å². The number of carbonyl (C=O) groups is 1. The molecule has 1 aliphatic rings. The molecule has 28 heavy (non-hydrogen) atoms. The zero-order chi connectivity index (χ0) is 19.7. The average Bonchev–Trinajstić information content (AvgIpc) is 3.16. The van der Waals surface area contributed by atoms with E-state index in [-0.39, 0.29) is 6.10 Å². The number of aromatic nitrogens is 1. The van der Waals surface area contributed by atoms with E-state index in [2.05, 4.69) is 30.1 Å². The van der Waals surface area contributed by atoms with Gasteiger partial charge in [-0.2, -0.15) is 0 Å². The molecule has 1 atom stereocenters. The number of benzene rings is 2. The highest BCUT2D eigenvalue weighted by atomic mass is 32.1. The van der Waals surface area contributed by atoms with Crippen LogP contribution >= 0.6 is 11.3 Å². The van der Waals surface area contributed by atoms with Gasteiger partial charge in [0.25, 0.3) is 5.19 Å². The van der Waals surface area contributed by atoms with E-state index in [1.165, 1.54) is 35.8 Å². The summed E-state index contributed by atoms with van der Waals surface area (Å²) in [4.78, 5) is 16.2. The first-order valence-electron chi connectivity index (χ1n) is 9.13. The lowest BCUT2D eigenvalue weighted by atomic mass is 9.94. The van der Waals surface area contributed by atoms with Crippen molar-refractivity contribution in [1.29, 1.82) is 0 Å². The number of ether oxygens (including phenoxy) is 3. The molecule has 2 heterocycles. The van der Waals surface area contributed by atoms with Gasteiger partial charge in [0.05, 0.1) is 13.3 Å². The van der Waals surface area contributed by atoms with Crippen LogP contribution in [0, 0.1) is 13.8 Å². The second kappa shape index (κ2) is 7.64. The zero-order valence-electron chi connectivity index (χ0n) is 16.0. The fourth-order valence-electron chi connectivity index (χ4n) is 3.38. The Labute approximate surface area is 167 Å². The second-order valence-electron chi connectivity index (χ2n) is 6.81. The number of esters is 1. The first kappa shape index (κ1) is 18.5. The number of rotatable bonds is 4. The third-order valence-corrected chi connectivity index (χ3v) is 5.76. The quantitative estimate of drug-likeness (QED) is 0.553. The summed E-state index contributed by atoms with van der Waals surface area (Å²) in [6.45, 7) is 4.10. The number of hydrogen-bond donors (Lipinski definition) is 0. The van der Waals surface area contributed by atoms with Crippen molar-refractivity contribution >= 4 is 17.3 Å². The fourth-order valence-corrected chi connectivity index (χ4v) is 4.08. The minimum absolute atomic E-state index is 0.0708. The molecule has 1 aliphatic heterocycles. The van der Waals surface area contributed by atoms with E-state index in [1.807, 2.05) is 25.1 Å². The number of thiazole rings is 1. The minimum atomic E-state index is -0.412. The molecule has 0 aliphatic carbocycles.